The summed E-state index contributed by atoms with van der Waals surface area (Å²) >= 11 is 0. The summed E-state index contributed by atoms with van der Waals surface area (Å²) in [4.78, 5) is 11.2. The molecule has 0 aliphatic heterocycles. The van der Waals surface area contributed by atoms with Crippen LogP contribution in [0.4, 0.5) is 0 Å². The molecule has 1 atom stereocenters. The Kier molecular flexibility index (Phi) is 8.91. The first-order chi connectivity index (χ1) is 8.97. The number of carbonyl (C=O) groups is 1. The Morgan fingerprint density at radius 3 is 2.11 bits per heavy atom. The molecule has 0 rings (SSSR count). The molecule has 0 amide bonds. The third-order valence-corrected chi connectivity index (χ3v) is 6.53. The van der Waals surface area contributed by atoms with Crippen LogP contribution < -0.4 is 0 Å². The SMILES string of the molecule is C=C(C)C(=O)OCCCC(CC)[Si](OC)(OC)OC. The van der Waals surface area contributed by atoms with Gasteiger partial charge in [0.2, 0.25) is 0 Å². The zero-order chi connectivity index (χ0) is 14.9. The van der Waals surface area contributed by atoms with Crippen LogP contribution in [0.5, 0.6) is 0 Å². The van der Waals surface area contributed by atoms with Crippen LogP contribution in [0.2, 0.25) is 5.54 Å². The van der Waals surface area contributed by atoms with Crippen LogP contribution in [0.3, 0.4) is 0 Å². The van der Waals surface area contributed by atoms with Crippen molar-refractivity contribution in [2.75, 3.05) is 27.9 Å². The van der Waals surface area contributed by atoms with E-state index in [1.807, 2.05) is 0 Å². The van der Waals surface area contributed by atoms with E-state index in [2.05, 4.69) is 13.5 Å². The van der Waals surface area contributed by atoms with E-state index in [1.54, 1.807) is 28.3 Å². The highest BCUT2D eigenvalue weighted by molar-refractivity contribution is 6.62. The predicted octanol–water partition coefficient (Wildman–Crippen LogP) is 2.54. The summed E-state index contributed by atoms with van der Waals surface area (Å²) in [7, 11) is 2.24. The highest BCUT2D eigenvalue weighted by Gasteiger charge is 2.45. The molecule has 5 nitrogen and oxygen atoms in total. The number of carbonyl (C=O) groups excluding carboxylic acids is 1. The van der Waals surface area contributed by atoms with Gasteiger partial charge in [-0.05, 0) is 26.2 Å². The van der Waals surface area contributed by atoms with E-state index < -0.39 is 8.80 Å². The second-order valence-corrected chi connectivity index (χ2v) is 7.63. The molecular formula is C13H26O5Si. The molecule has 0 aliphatic rings. The minimum absolute atomic E-state index is 0.205. The number of ether oxygens (including phenoxy) is 1. The van der Waals surface area contributed by atoms with Crippen LogP contribution in [-0.4, -0.2) is 42.7 Å². The largest absolute Gasteiger partial charge is 0.503 e. The molecule has 0 aromatic rings. The first kappa shape index (κ1) is 18.3. The van der Waals surface area contributed by atoms with Crippen molar-refractivity contribution in [2.45, 2.75) is 38.7 Å². The molecule has 112 valence electrons. The minimum Gasteiger partial charge on any atom is -0.462 e. The number of hydrogen-bond acceptors (Lipinski definition) is 5. The summed E-state index contributed by atoms with van der Waals surface area (Å²) < 4.78 is 21.5. The van der Waals surface area contributed by atoms with Crippen molar-refractivity contribution in [1.82, 2.24) is 0 Å². The third-order valence-electron chi connectivity index (χ3n) is 3.12. The molecule has 1 unspecified atom stereocenters. The molecule has 0 bridgehead atoms. The van der Waals surface area contributed by atoms with Gasteiger partial charge < -0.3 is 18.0 Å². The van der Waals surface area contributed by atoms with Crippen molar-refractivity contribution in [3.05, 3.63) is 12.2 Å². The van der Waals surface area contributed by atoms with Crippen molar-refractivity contribution in [3.8, 4) is 0 Å². The van der Waals surface area contributed by atoms with Gasteiger partial charge in [-0.2, -0.15) is 0 Å². The normalized spacial score (nSPS) is 13.1. The van der Waals surface area contributed by atoms with Gasteiger partial charge in [-0.3, -0.25) is 0 Å². The lowest BCUT2D eigenvalue weighted by Crippen LogP contribution is -2.47. The fourth-order valence-electron chi connectivity index (χ4n) is 2.00. The average molecular weight is 290 g/mol. The third kappa shape index (κ3) is 5.44. The van der Waals surface area contributed by atoms with Gasteiger partial charge in [-0.25, -0.2) is 4.79 Å². The molecule has 0 aromatic heterocycles. The summed E-state index contributed by atoms with van der Waals surface area (Å²) in [6.45, 7) is 7.62. The summed E-state index contributed by atoms with van der Waals surface area (Å²) in [5.41, 5.74) is 0.623. The lowest BCUT2D eigenvalue weighted by atomic mass is 10.2. The van der Waals surface area contributed by atoms with Crippen molar-refractivity contribution < 1.29 is 22.8 Å². The number of hydrogen-bond donors (Lipinski definition) is 0. The lowest BCUT2D eigenvalue weighted by molar-refractivity contribution is -0.139. The van der Waals surface area contributed by atoms with Crippen molar-refractivity contribution in [3.63, 3.8) is 0 Å². The van der Waals surface area contributed by atoms with E-state index in [-0.39, 0.29) is 11.5 Å². The van der Waals surface area contributed by atoms with E-state index >= 15 is 0 Å². The van der Waals surface area contributed by atoms with E-state index in [0.717, 1.165) is 19.3 Å². The van der Waals surface area contributed by atoms with E-state index in [4.69, 9.17) is 18.0 Å². The molecule has 0 saturated carbocycles. The predicted molar refractivity (Wildman–Crippen MR) is 75.8 cm³/mol. The Balaban J connectivity index is 4.27. The van der Waals surface area contributed by atoms with Gasteiger partial charge in [0.05, 0.1) is 6.61 Å². The van der Waals surface area contributed by atoms with Crippen molar-refractivity contribution in [1.29, 1.82) is 0 Å². The molecule has 0 aliphatic carbocycles. The van der Waals surface area contributed by atoms with Crippen LogP contribution in [0.15, 0.2) is 12.2 Å². The molecular weight excluding hydrogens is 264 g/mol. The highest BCUT2D eigenvalue weighted by Crippen LogP contribution is 2.31. The molecule has 0 aromatic carbocycles. The van der Waals surface area contributed by atoms with Crippen LogP contribution >= 0.6 is 0 Å². The second kappa shape index (κ2) is 9.25. The first-order valence-corrected chi connectivity index (χ1v) is 8.25. The zero-order valence-corrected chi connectivity index (χ0v) is 13.7. The summed E-state index contributed by atoms with van der Waals surface area (Å²) in [5.74, 6) is -0.346. The topological polar surface area (TPSA) is 54.0 Å². The summed E-state index contributed by atoms with van der Waals surface area (Å²) in [6.07, 6.45) is 2.49. The van der Waals surface area contributed by atoms with Crippen LogP contribution in [-0.2, 0) is 22.8 Å². The quantitative estimate of drug-likeness (QED) is 0.268. The average Bonchev–Trinajstić information content (AvgIpc) is 2.42. The van der Waals surface area contributed by atoms with E-state index in [9.17, 15) is 4.79 Å². The Bertz CT molecular complexity index is 280. The Morgan fingerprint density at radius 2 is 1.74 bits per heavy atom. The van der Waals surface area contributed by atoms with Gasteiger partial charge in [-0.15, -0.1) is 0 Å². The van der Waals surface area contributed by atoms with Crippen molar-refractivity contribution >= 4 is 14.8 Å². The smallest absolute Gasteiger partial charge is 0.462 e. The molecule has 0 saturated heterocycles. The second-order valence-electron chi connectivity index (χ2n) is 4.38. The maximum Gasteiger partial charge on any atom is 0.503 e. The van der Waals surface area contributed by atoms with Crippen LogP contribution in [0, 0.1) is 0 Å². The highest BCUT2D eigenvalue weighted by atomic mass is 28.4. The van der Waals surface area contributed by atoms with Gasteiger partial charge >= 0.3 is 14.8 Å². The van der Waals surface area contributed by atoms with Gasteiger partial charge in [0.25, 0.3) is 0 Å². The van der Waals surface area contributed by atoms with Gasteiger partial charge in [-0.1, -0.05) is 13.5 Å². The fraction of sp³-hybridized carbons (Fsp3) is 0.769. The first-order valence-electron chi connectivity index (χ1n) is 6.45. The standard InChI is InChI=1S/C13H26O5Si/c1-7-12(19(15-4,16-5)17-6)9-8-10-18-13(14)11(2)3/h12H,2,7-10H2,1,3-6H3. The van der Waals surface area contributed by atoms with Crippen LogP contribution in [0.1, 0.15) is 33.1 Å². The maximum absolute atomic E-state index is 11.2. The van der Waals surface area contributed by atoms with E-state index in [1.165, 1.54) is 0 Å². The summed E-state index contributed by atoms with van der Waals surface area (Å²) in [5, 5.41) is 0. The van der Waals surface area contributed by atoms with Gasteiger partial charge in [0.15, 0.2) is 0 Å². The molecule has 0 heterocycles. The maximum atomic E-state index is 11.2. The minimum atomic E-state index is -2.60. The molecule has 0 spiro atoms. The molecule has 0 radical (unpaired) electrons. The number of esters is 1. The zero-order valence-electron chi connectivity index (χ0n) is 12.7. The molecule has 6 heteroatoms. The molecule has 0 fully saturated rings. The lowest BCUT2D eigenvalue weighted by Gasteiger charge is -2.31. The Morgan fingerprint density at radius 1 is 1.21 bits per heavy atom. The van der Waals surface area contributed by atoms with E-state index in [0.29, 0.717) is 12.2 Å². The Hall–Kier alpha value is -0.693. The summed E-state index contributed by atoms with van der Waals surface area (Å²) in [6, 6.07) is 0. The van der Waals surface area contributed by atoms with Gasteiger partial charge in [0.1, 0.15) is 0 Å². The van der Waals surface area contributed by atoms with Crippen molar-refractivity contribution in [2.24, 2.45) is 0 Å². The van der Waals surface area contributed by atoms with Crippen LogP contribution in [0.25, 0.3) is 0 Å². The molecule has 19 heavy (non-hydrogen) atoms. The molecule has 0 N–H and O–H groups in total. The van der Waals surface area contributed by atoms with Gasteiger partial charge in [0, 0.05) is 32.4 Å². The Labute approximate surface area is 117 Å². The fourth-order valence-corrected chi connectivity index (χ4v) is 4.56. The monoisotopic (exact) mass is 290 g/mol. The number of rotatable bonds is 10.